The Morgan fingerprint density at radius 2 is 2.10 bits per heavy atom. The number of aryl methyl sites for hydroxylation is 1. The highest BCUT2D eigenvalue weighted by molar-refractivity contribution is 5.38. The second-order valence-electron chi connectivity index (χ2n) is 6.53. The van der Waals surface area contributed by atoms with Gasteiger partial charge < -0.3 is 5.32 Å². The molecule has 1 N–H and O–H groups in total. The van der Waals surface area contributed by atoms with Crippen LogP contribution in [0.25, 0.3) is 5.65 Å². The molecule has 0 radical (unpaired) electrons. The molecule has 2 aromatic heterocycles. The molecular weight excluding hydrogens is 248 g/mol. The van der Waals surface area contributed by atoms with Crippen molar-refractivity contribution in [1.29, 1.82) is 0 Å². The van der Waals surface area contributed by atoms with Gasteiger partial charge in [0.15, 0.2) is 5.65 Å². The lowest BCUT2D eigenvalue weighted by molar-refractivity contribution is 0.207. The van der Waals surface area contributed by atoms with Crippen molar-refractivity contribution in [2.75, 3.05) is 6.54 Å². The molecule has 0 aliphatic heterocycles. The van der Waals surface area contributed by atoms with Gasteiger partial charge in [0.05, 0.1) is 5.69 Å². The zero-order chi connectivity index (χ0) is 14.0. The third-order valence-corrected chi connectivity index (χ3v) is 4.43. The Hall–Kier alpha value is -1.42. The number of aromatic nitrogens is 3. The van der Waals surface area contributed by atoms with E-state index >= 15 is 0 Å². The molecule has 0 spiro atoms. The summed E-state index contributed by atoms with van der Waals surface area (Å²) in [6.45, 7) is 6.38. The highest BCUT2D eigenvalue weighted by atomic mass is 15.2. The van der Waals surface area contributed by atoms with Crippen LogP contribution in [0.4, 0.5) is 0 Å². The Kier molecular flexibility index (Phi) is 3.74. The molecule has 1 saturated carbocycles. The van der Waals surface area contributed by atoms with Crippen molar-refractivity contribution in [3.63, 3.8) is 0 Å². The lowest BCUT2D eigenvalue weighted by Crippen LogP contribution is -2.33. The first-order valence-corrected chi connectivity index (χ1v) is 7.66. The Morgan fingerprint density at radius 3 is 2.90 bits per heavy atom. The molecule has 0 aromatic carbocycles. The first kappa shape index (κ1) is 13.6. The van der Waals surface area contributed by atoms with Crippen LogP contribution in [0, 0.1) is 12.3 Å². The van der Waals surface area contributed by atoms with Gasteiger partial charge in [-0.3, -0.25) is 0 Å². The van der Waals surface area contributed by atoms with E-state index in [0.29, 0.717) is 5.41 Å². The average Bonchev–Trinajstić information content (AvgIpc) is 2.79. The van der Waals surface area contributed by atoms with Gasteiger partial charge in [0.2, 0.25) is 0 Å². The van der Waals surface area contributed by atoms with E-state index in [-0.39, 0.29) is 0 Å². The zero-order valence-electron chi connectivity index (χ0n) is 12.5. The minimum atomic E-state index is 0.484. The fourth-order valence-electron chi connectivity index (χ4n) is 3.22. The molecule has 20 heavy (non-hydrogen) atoms. The number of fused-ring (bicyclic) bond motifs is 1. The molecule has 4 heteroatoms. The Balaban J connectivity index is 1.59. The van der Waals surface area contributed by atoms with Crippen molar-refractivity contribution in [1.82, 2.24) is 19.9 Å². The quantitative estimate of drug-likeness (QED) is 0.930. The van der Waals surface area contributed by atoms with Crippen LogP contribution < -0.4 is 5.32 Å². The number of nitrogens with zero attached hydrogens (tertiary/aromatic N) is 3. The Labute approximate surface area is 120 Å². The Bertz CT molecular complexity index is 581. The first-order chi connectivity index (χ1) is 9.65. The molecule has 1 aliphatic rings. The van der Waals surface area contributed by atoms with Crippen LogP contribution in [0.1, 0.15) is 50.3 Å². The maximum Gasteiger partial charge on any atom is 0.155 e. The van der Waals surface area contributed by atoms with Gasteiger partial charge >= 0.3 is 0 Å². The SMILES string of the molecule is Cc1cc2ncc(CNCC3(C)CCCCC3)cn2n1. The lowest BCUT2D eigenvalue weighted by Gasteiger charge is -2.33. The highest BCUT2D eigenvalue weighted by Gasteiger charge is 2.25. The maximum absolute atomic E-state index is 4.45. The largest absolute Gasteiger partial charge is 0.312 e. The van der Waals surface area contributed by atoms with Crippen LogP contribution in [-0.2, 0) is 6.54 Å². The summed E-state index contributed by atoms with van der Waals surface area (Å²) in [5, 5.41) is 8.01. The molecule has 1 fully saturated rings. The number of nitrogens with one attached hydrogen (secondary N) is 1. The van der Waals surface area contributed by atoms with E-state index < -0.39 is 0 Å². The van der Waals surface area contributed by atoms with E-state index in [1.54, 1.807) is 0 Å². The summed E-state index contributed by atoms with van der Waals surface area (Å²) in [7, 11) is 0. The third-order valence-electron chi connectivity index (χ3n) is 4.43. The van der Waals surface area contributed by atoms with Crippen LogP contribution in [0.3, 0.4) is 0 Å². The number of hydrogen-bond donors (Lipinski definition) is 1. The third kappa shape index (κ3) is 3.01. The molecule has 0 amide bonds. The Morgan fingerprint density at radius 1 is 1.30 bits per heavy atom. The molecule has 3 rings (SSSR count). The molecule has 2 aromatic rings. The van der Waals surface area contributed by atoms with Crippen LogP contribution in [0.15, 0.2) is 18.5 Å². The standard InChI is InChI=1S/C16H24N4/c1-13-8-15-18-10-14(11-20(15)19-13)9-17-12-16(2)6-4-3-5-7-16/h8,10-11,17H,3-7,9,12H2,1-2H3. The summed E-state index contributed by atoms with van der Waals surface area (Å²) in [6, 6.07) is 2.00. The van der Waals surface area contributed by atoms with Crippen molar-refractivity contribution in [2.45, 2.75) is 52.5 Å². The maximum atomic E-state index is 4.45. The van der Waals surface area contributed by atoms with E-state index in [1.165, 1.54) is 37.7 Å². The van der Waals surface area contributed by atoms with Gasteiger partial charge in [-0.1, -0.05) is 26.2 Å². The van der Waals surface area contributed by atoms with E-state index in [4.69, 9.17) is 0 Å². The molecule has 1 aliphatic carbocycles. The number of hydrogen-bond acceptors (Lipinski definition) is 3. The molecule has 0 atom stereocenters. The van der Waals surface area contributed by atoms with Crippen molar-refractivity contribution in [3.05, 3.63) is 29.7 Å². The summed E-state index contributed by atoms with van der Waals surface area (Å²) in [5.74, 6) is 0. The molecular formula is C16H24N4. The van der Waals surface area contributed by atoms with Crippen LogP contribution in [0.2, 0.25) is 0 Å². The van der Waals surface area contributed by atoms with Crippen molar-refractivity contribution >= 4 is 5.65 Å². The zero-order valence-corrected chi connectivity index (χ0v) is 12.5. The second-order valence-corrected chi connectivity index (χ2v) is 6.53. The molecule has 4 nitrogen and oxygen atoms in total. The van der Waals surface area contributed by atoms with Crippen molar-refractivity contribution in [2.24, 2.45) is 5.41 Å². The summed E-state index contributed by atoms with van der Waals surface area (Å²) in [6.07, 6.45) is 10.9. The summed E-state index contributed by atoms with van der Waals surface area (Å²) in [5.41, 5.74) is 3.61. The van der Waals surface area contributed by atoms with Crippen LogP contribution in [0.5, 0.6) is 0 Å². The lowest BCUT2D eigenvalue weighted by atomic mass is 9.76. The fourth-order valence-corrected chi connectivity index (χ4v) is 3.22. The van der Waals surface area contributed by atoms with Gasteiger partial charge in [0.1, 0.15) is 0 Å². The van der Waals surface area contributed by atoms with Crippen LogP contribution >= 0.6 is 0 Å². The fraction of sp³-hybridized carbons (Fsp3) is 0.625. The van der Waals surface area contributed by atoms with Gasteiger partial charge in [0, 0.05) is 37.1 Å². The second kappa shape index (κ2) is 5.52. The monoisotopic (exact) mass is 272 g/mol. The van der Waals surface area contributed by atoms with Gasteiger partial charge in [-0.15, -0.1) is 0 Å². The van der Waals surface area contributed by atoms with Gasteiger partial charge in [-0.05, 0) is 25.2 Å². The molecule has 0 bridgehead atoms. The molecule has 0 saturated heterocycles. The van der Waals surface area contributed by atoms with E-state index in [9.17, 15) is 0 Å². The number of rotatable bonds is 4. The van der Waals surface area contributed by atoms with E-state index in [1.807, 2.05) is 23.7 Å². The minimum absolute atomic E-state index is 0.484. The summed E-state index contributed by atoms with van der Waals surface area (Å²) < 4.78 is 1.87. The summed E-state index contributed by atoms with van der Waals surface area (Å²) >= 11 is 0. The van der Waals surface area contributed by atoms with Crippen molar-refractivity contribution < 1.29 is 0 Å². The average molecular weight is 272 g/mol. The van der Waals surface area contributed by atoms with Gasteiger partial charge in [-0.2, -0.15) is 5.10 Å². The van der Waals surface area contributed by atoms with E-state index in [0.717, 1.165) is 24.4 Å². The van der Waals surface area contributed by atoms with Crippen molar-refractivity contribution in [3.8, 4) is 0 Å². The molecule has 108 valence electrons. The predicted molar refractivity (Wildman–Crippen MR) is 80.6 cm³/mol. The molecule has 2 heterocycles. The normalized spacial score (nSPS) is 18.5. The first-order valence-electron chi connectivity index (χ1n) is 7.66. The minimum Gasteiger partial charge on any atom is -0.312 e. The molecule has 0 unspecified atom stereocenters. The highest BCUT2D eigenvalue weighted by Crippen LogP contribution is 2.34. The van der Waals surface area contributed by atoms with Gasteiger partial charge in [-0.25, -0.2) is 9.50 Å². The summed E-state index contributed by atoms with van der Waals surface area (Å²) in [4.78, 5) is 4.45. The van der Waals surface area contributed by atoms with E-state index in [2.05, 4.69) is 28.5 Å². The van der Waals surface area contributed by atoms with Crippen LogP contribution in [-0.4, -0.2) is 21.1 Å². The van der Waals surface area contributed by atoms with Gasteiger partial charge in [0.25, 0.3) is 0 Å². The topological polar surface area (TPSA) is 42.2 Å². The smallest absolute Gasteiger partial charge is 0.155 e. The predicted octanol–water partition coefficient (Wildman–Crippen LogP) is 3.10.